The molecule has 108 valence electrons. The second-order valence-electron chi connectivity index (χ2n) is 3.86. The topological polar surface area (TPSA) is 87.7 Å². The third-order valence-electron chi connectivity index (χ3n) is 2.42. The number of carboxylic acid groups (broad SMARTS) is 1. The fourth-order valence-corrected chi connectivity index (χ4v) is 1.46. The summed E-state index contributed by atoms with van der Waals surface area (Å²) in [5, 5.41) is 13.4. The van der Waals surface area contributed by atoms with Crippen LogP contribution in [0, 0.1) is 5.82 Å². The van der Waals surface area contributed by atoms with E-state index < -0.39 is 23.9 Å². The molecule has 0 saturated carbocycles. The Kier molecular flexibility index (Phi) is 5.52. The largest absolute Gasteiger partial charge is 0.494 e. The van der Waals surface area contributed by atoms with Gasteiger partial charge in [0.15, 0.2) is 11.6 Å². The Morgan fingerprint density at radius 2 is 2.25 bits per heavy atom. The average molecular weight is 282 g/mol. The van der Waals surface area contributed by atoms with Crippen LogP contribution in [0.25, 0.3) is 0 Å². The molecule has 0 aliphatic rings. The zero-order valence-corrected chi connectivity index (χ0v) is 10.9. The number of ether oxygens (including phenoxy) is 1. The summed E-state index contributed by atoms with van der Waals surface area (Å²) in [4.78, 5) is 22.4. The first-order valence-corrected chi connectivity index (χ1v) is 5.72. The zero-order chi connectivity index (χ0) is 15.1. The normalized spacial score (nSPS) is 11.3. The summed E-state index contributed by atoms with van der Waals surface area (Å²) in [6.45, 7) is 3.41. The van der Waals surface area contributed by atoms with Gasteiger partial charge in [0.25, 0.3) is 0 Å². The van der Waals surface area contributed by atoms with Crippen molar-refractivity contribution in [1.82, 2.24) is 5.32 Å². The number of carbonyl (C=O) groups excluding carboxylic acids is 1. The minimum atomic E-state index is -1.18. The molecule has 1 aromatic carbocycles. The molecular weight excluding hydrogens is 267 g/mol. The second kappa shape index (κ2) is 7.13. The first-order valence-electron chi connectivity index (χ1n) is 5.72. The molecule has 1 unspecified atom stereocenters. The van der Waals surface area contributed by atoms with Crippen LogP contribution in [0.3, 0.4) is 0 Å². The summed E-state index contributed by atoms with van der Waals surface area (Å²) in [6.07, 6.45) is 1.46. The number of methoxy groups -OCH3 is 1. The van der Waals surface area contributed by atoms with Gasteiger partial charge in [0, 0.05) is 11.8 Å². The van der Waals surface area contributed by atoms with E-state index in [1.54, 1.807) is 0 Å². The number of urea groups is 1. The van der Waals surface area contributed by atoms with Crippen LogP contribution in [0.2, 0.25) is 0 Å². The fraction of sp³-hybridized carbons (Fsp3) is 0.231. The molecule has 6 nitrogen and oxygen atoms in total. The Bertz CT molecular complexity index is 519. The van der Waals surface area contributed by atoms with Crippen LogP contribution >= 0.6 is 0 Å². The van der Waals surface area contributed by atoms with Gasteiger partial charge in [-0.2, -0.15) is 0 Å². The van der Waals surface area contributed by atoms with Gasteiger partial charge in [-0.05, 0) is 18.6 Å². The molecule has 3 N–H and O–H groups in total. The molecule has 0 bridgehead atoms. The number of nitrogens with one attached hydrogen (secondary N) is 2. The van der Waals surface area contributed by atoms with Crippen LogP contribution in [-0.2, 0) is 4.79 Å². The third kappa shape index (κ3) is 4.27. The Balaban J connectivity index is 2.68. The van der Waals surface area contributed by atoms with E-state index in [1.165, 1.54) is 25.3 Å². The summed E-state index contributed by atoms with van der Waals surface area (Å²) < 4.78 is 18.1. The lowest BCUT2D eigenvalue weighted by molar-refractivity contribution is -0.139. The lowest BCUT2D eigenvalue weighted by atomic mass is 10.2. The average Bonchev–Trinajstić information content (AvgIpc) is 2.38. The van der Waals surface area contributed by atoms with Crippen molar-refractivity contribution in [3.05, 3.63) is 36.7 Å². The summed E-state index contributed by atoms with van der Waals surface area (Å²) in [7, 11) is 1.32. The maximum atomic E-state index is 13.4. The Hall–Kier alpha value is -2.57. The van der Waals surface area contributed by atoms with E-state index in [4.69, 9.17) is 9.84 Å². The van der Waals surface area contributed by atoms with Crippen molar-refractivity contribution in [2.24, 2.45) is 0 Å². The van der Waals surface area contributed by atoms with Crippen molar-refractivity contribution >= 4 is 17.7 Å². The first-order chi connectivity index (χ1) is 9.47. The Morgan fingerprint density at radius 1 is 1.55 bits per heavy atom. The molecule has 1 atom stereocenters. The predicted octanol–water partition coefficient (Wildman–Crippen LogP) is 1.99. The number of benzene rings is 1. The number of hydrogen-bond donors (Lipinski definition) is 3. The third-order valence-corrected chi connectivity index (χ3v) is 2.42. The Morgan fingerprint density at radius 3 is 2.75 bits per heavy atom. The van der Waals surface area contributed by atoms with Crippen molar-refractivity contribution in [2.75, 3.05) is 12.4 Å². The zero-order valence-electron chi connectivity index (χ0n) is 10.9. The SMILES string of the molecule is C=CCC(NC(=O)Nc1ccc(OC)c(F)c1)C(=O)O. The number of halogens is 1. The molecule has 0 heterocycles. The van der Waals surface area contributed by atoms with Crippen LogP contribution in [0.15, 0.2) is 30.9 Å². The monoisotopic (exact) mass is 282 g/mol. The first kappa shape index (κ1) is 15.5. The molecule has 0 aromatic heterocycles. The van der Waals surface area contributed by atoms with Gasteiger partial charge in [-0.15, -0.1) is 6.58 Å². The van der Waals surface area contributed by atoms with Gasteiger partial charge in [0.1, 0.15) is 6.04 Å². The molecule has 1 rings (SSSR count). The highest BCUT2D eigenvalue weighted by molar-refractivity contribution is 5.92. The highest BCUT2D eigenvalue weighted by atomic mass is 19.1. The number of hydrogen-bond acceptors (Lipinski definition) is 3. The van der Waals surface area contributed by atoms with E-state index in [0.717, 1.165) is 6.07 Å². The molecule has 0 spiro atoms. The molecule has 0 aliphatic carbocycles. The van der Waals surface area contributed by atoms with E-state index in [1.807, 2.05) is 0 Å². The van der Waals surface area contributed by atoms with Crippen LogP contribution in [0.1, 0.15) is 6.42 Å². The summed E-state index contributed by atoms with van der Waals surface area (Å²) in [6, 6.07) is 2.02. The van der Waals surface area contributed by atoms with Gasteiger partial charge in [-0.1, -0.05) is 6.08 Å². The summed E-state index contributed by atoms with van der Waals surface area (Å²) in [5.41, 5.74) is 0.184. The fourth-order valence-electron chi connectivity index (χ4n) is 1.46. The molecule has 7 heteroatoms. The van der Waals surface area contributed by atoms with Crippen LogP contribution in [0.4, 0.5) is 14.9 Å². The number of amides is 2. The summed E-state index contributed by atoms with van der Waals surface area (Å²) >= 11 is 0. The van der Waals surface area contributed by atoms with Crippen molar-refractivity contribution in [1.29, 1.82) is 0 Å². The predicted molar refractivity (Wildman–Crippen MR) is 71.3 cm³/mol. The minimum Gasteiger partial charge on any atom is -0.494 e. The highest BCUT2D eigenvalue weighted by Gasteiger charge is 2.18. The standard InChI is InChI=1S/C13H15FN2O4/c1-3-4-10(12(17)18)16-13(19)15-8-5-6-11(20-2)9(14)7-8/h3,5-7,10H,1,4H2,2H3,(H,17,18)(H2,15,16,19). The summed E-state index contributed by atoms with van der Waals surface area (Å²) in [5.74, 6) is -1.77. The minimum absolute atomic E-state index is 0.0472. The lowest BCUT2D eigenvalue weighted by Gasteiger charge is -2.13. The molecule has 20 heavy (non-hydrogen) atoms. The van der Waals surface area contributed by atoms with Crippen molar-refractivity contribution in [3.63, 3.8) is 0 Å². The van der Waals surface area contributed by atoms with Crippen molar-refractivity contribution < 1.29 is 23.8 Å². The highest BCUT2D eigenvalue weighted by Crippen LogP contribution is 2.20. The maximum absolute atomic E-state index is 13.4. The molecule has 0 fully saturated rings. The molecule has 0 aliphatic heterocycles. The van der Waals surface area contributed by atoms with Crippen LogP contribution in [-0.4, -0.2) is 30.3 Å². The lowest BCUT2D eigenvalue weighted by Crippen LogP contribution is -2.42. The quantitative estimate of drug-likeness (QED) is 0.696. The van der Waals surface area contributed by atoms with Gasteiger partial charge in [-0.25, -0.2) is 14.0 Å². The molecule has 0 saturated heterocycles. The van der Waals surface area contributed by atoms with E-state index >= 15 is 0 Å². The number of anilines is 1. The number of aliphatic carboxylic acids is 1. The van der Waals surface area contributed by atoms with Crippen molar-refractivity contribution in [2.45, 2.75) is 12.5 Å². The number of rotatable bonds is 6. The molecular formula is C13H15FN2O4. The van der Waals surface area contributed by atoms with Gasteiger partial charge in [0.2, 0.25) is 0 Å². The number of carbonyl (C=O) groups is 2. The van der Waals surface area contributed by atoms with E-state index in [0.29, 0.717) is 0 Å². The van der Waals surface area contributed by atoms with Gasteiger partial charge >= 0.3 is 12.0 Å². The molecule has 0 radical (unpaired) electrons. The maximum Gasteiger partial charge on any atom is 0.326 e. The van der Waals surface area contributed by atoms with Crippen LogP contribution < -0.4 is 15.4 Å². The van der Waals surface area contributed by atoms with Gasteiger partial charge < -0.3 is 20.5 Å². The van der Waals surface area contributed by atoms with E-state index in [2.05, 4.69) is 17.2 Å². The van der Waals surface area contributed by atoms with Gasteiger partial charge in [0.05, 0.1) is 7.11 Å². The molecule has 2 amide bonds. The Labute approximate surface area is 115 Å². The second-order valence-corrected chi connectivity index (χ2v) is 3.86. The van der Waals surface area contributed by atoms with Crippen molar-refractivity contribution in [3.8, 4) is 5.75 Å². The number of carboxylic acids is 1. The molecule has 1 aromatic rings. The van der Waals surface area contributed by atoms with E-state index in [-0.39, 0.29) is 17.9 Å². The van der Waals surface area contributed by atoms with Gasteiger partial charge in [-0.3, -0.25) is 0 Å². The van der Waals surface area contributed by atoms with E-state index in [9.17, 15) is 14.0 Å². The van der Waals surface area contributed by atoms with Crippen LogP contribution in [0.5, 0.6) is 5.75 Å². The smallest absolute Gasteiger partial charge is 0.326 e.